The number of nitrogens with two attached hydrogens (primary N) is 1. The molecule has 0 aliphatic carbocycles. The van der Waals surface area contributed by atoms with Crippen molar-refractivity contribution in [2.24, 2.45) is 5.73 Å². The molecule has 0 radical (unpaired) electrons. The zero-order chi connectivity index (χ0) is 12.5. The fourth-order valence-electron chi connectivity index (χ4n) is 1.44. The van der Waals surface area contributed by atoms with Gasteiger partial charge < -0.3 is 15.8 Å². The average Bonchev–Trinajstić information content (AvgIpc) is 2.34. The van der Waals surface area contributed by atoms with Crippen LogP contribution in [-0.4, -0.2) is 19.1 Å². The lowest BCUT2D eigenvalue weighted by molar-refractivity contribution is -0.116. The van der Waals surface area contributed by atoms with E-state index in [0.29, 0.717) is 32.6 Å². The fraction of sp³-hybridized carbons (Fsp3) is 0.462. The lowest BCUT2D eigenvalue weighted by Gasteiger charge is -2.07. The van der Waals surface area contributed by atoms with Gasteiger partial charge in [0.2, 0.25) is 5.91 Å². The average molecular weight is 273 g/mol. The molecule has 0 aliphatic heterocycles. The molecule has 1 aromatic rings. The van der Waals surface area contributed by atoms with Gasteiger partial charge in [0.05, 0.1) is 6.61 Å². The number of nitrogens with one attached hydrogen (secondary N) is 1. The van der Waals surface area contributed by atoms with E-state index in [2.05, 4.69) is 5.32 Å². The molecule has 0 aromatic heterocycles. The minimum Gasteiger partial charge on any atom is -0.377 e. The number of anilines is 1. The largest absolute Gasteiger partial charge is 0.377 e. The summed E-state index contributed by atoms with van der Waals surface area (Å²) in [6, 6.07) is 7.68. The lowest BCUT2D eigenvalue weighted by Crippen LogP contribution is -2.13. The minimum atomic E-state index is 0. The van der Waals surface area contributed by atoms with E-state index >= 15 is 0 Å². The van der Waals surface area contributed by atoms with Gasteiger partial charge in [0, 0.05) is 18.7 Å². The van der Waals surface area contributed by atoms with E-state index in [4.69, 9.17) is 10.5 Å². The van der Waals surface area contributed by atoms with Gasteiger partial charge in [-0.1, -0.05) is 12.1 Å². The second-order valence-electron chi connectivity index (χ2n) is 3.78. The zero-order valence-electron chi connectivity index (χ0n) is 10.6. The summed E-state index contributed by atoms with van der Waals surface area (Å²) in [6.07, 6.45) is 1.18. The van der Waals surface area contributed by atoms with Crippen LogP contribution in [0.4, 0.5) is 5.69 Å². The first-order chi connectivity index (χ1) is 8.26. The zero-order valence-corrected chi connectivity index (χ0v) is 11.5. The van der Waals surface area contributed by atoms with Crippen LogP contribution in [0.15, 0.2) is 24.3 Å². The third-order valence-corrected chi connectivity index (χ3v) is 2.29. The van der Waals surface area contributed by atoms with Crippen molar-refractivity contribution < 1.29 is 9.53 Å². The van der Waals surface area contributed by atoms with Gasteiger partial charge in [-0.25, -0.2) is 0 Å². The van der Waals surface area contributed by atoms with E-state index < -0.39 is 0 Å². The summed E-state index contributed by atoms with van der Waals surface area (Å²) in [7, 11) is 0. The van der Waals surface area contributed by atoms with Crippen molar-refractivity contribution in [1.82, 2.24) is 0 Å². The quantitative estimate of drug-likeness (QED) is 0.801. The molecule has 4 nitrogen and oxygen atoms in total. The van der Waals surface area contributed by atoms with Crippen molar-refractivity contribution in [3.05, 3.63) is 29.8 Å². The van der Waals surface area contributed by atoms with Gasteiger partial charge in [0.15, 0.2) is 0 Å². The summed E-state index contributed by atoms with van der Waals surface area (Å²) < 4.78 is 5.32. The molecule has 102 valence electrons. The Morgan fingerprint density at radius 2 is 2.22 bits per heavy atom. The van der Waals surface area contributed by atoms with Crippen LogP contribution in [-0.2, 0) is 16.1 Å². The number of ether oxygens (including phenoxy) is 1. The summed E-state index contributed by atoms with van der Waals surface area (Å²) in [4.78, 5) is 11.5. The van der Waals surface area contributed by atoms with Crippen molar-refractivity contribution in [3.63, 3.8) is 0 Å². The summed E-state index contributed by atoms with van der Waals surface area (Å²) in [5, 5.41) is 2.84. The van der Waals surface area contributed by atoms with E-state index in [0.717, 1.165) is 11.3 Å². The number of hydrogen-bond acceptors (Lipinski definition) is 3. The molecule has 0 aliphatic rings. The van der Waals surface area contributed by atoms with Gasteiger partial charge >= 0.3 is 0 Å². The smallest absolute Gasteiger partial charge is 0.224 e. The number of hydrogen-bond donors (Lipinski definition) is 2. The standard InChI is InChI=1S/C13H20N2O2.ClH/c1-2-17-10-11-5-3-6-12(9-11)15-13(16)7-4-8-14;/h3,5-6,9H,2,4,7-8,10,14H2,1H3,(H,15,16);1H. The van der Waals surface area contributed by atoms with Gasteiger partial charge in [-0.3, -0.25) is 4.79 Å². The van der Waals surface area contributed by atoms with Crippen LogP contribution in [0.25, 0.3) is 0 Å². The second-order valence-corrected chi connectivity index (χ2v) is 3.78. The van der Waals surface area contributed by atoms with Gasteiger partial charge in [0.25, 0.3) is 0 Å². The number of carbonyl (C=O) groups excluding carboxylic acids is 1. The Hall–Kier alpha value is -1.10. The molecule has 0 bridgehead atoms. The Labute approximate surface area is 114 Å². The van der Waals surface area contributed by atoms with E-state index in [1.165, 1.54) is 0 Å². The predicted molar refractivity (Wildman–Crippen MR) is 75.9 cm³/mol. The maximum atomic E-state index is 11.5. The molecular formula is C13H21ClN2O2. The Morgan fingerprint density at radius 1 is 1.44 bits per heavy atom. The molecule has 0 heterocycles. The van der Waals surface area contributed by atoms with Gasteiger partial charge in [-0.2, -0.15) is 0 Å². The Morgan fingerprint density at radius 3 is 2.89 bits per heavy atom. The van der Waals surface area contributed by atoms with Crippen LogP contribution in [0.5, 0.6) is 0 Å². The first-order valence-corrected chi connectivity index (χ1v) is 5.93. The molecule has 0 spiro atoms. The highest BCUT2D eigenvalue weighted by Gasteiger charge is 2.02. The summed E-state index contributed by atoms with van der Waals surface area (Å²) >= 11 is 0. The molecule has 3 N–H and O–H groups in total. The molecule has 18 heavy (non-hydrogen) atoms. The molecule has 0 unspecified atom stereocenters. The topological polar surface area (TPSA) is 64.3 Å². The molecule has 1 amide bonds. The van der Waals surface area contributed by atoms with Crippen LogP contribution < -0.4 is 11.1 Å². The molecule has 0 fully saturated rings. The SMILES string of the molecule is CCOCc1cccc(NC(=O)CCCN)c1.Cl. The normalized spacial score (nSPS) is 9.67. The Kier molecular flexibility index (Phi) is 9.28. The van der Waals surface area contributed by atoms with Gasteiger partial charge in [-0.15, -0.1) is 12.4 Å². The van der Waals surface area contributed by atoms with Crippen molar-refractivity contribution in [2.45, 2.75) is 26.4 Å². The second kappa shape index (κ2) is 9.88. The maximum Gasteiger partial charge on any atom is 0.224 e. The molecular weight excluding hydrogens is 252 g/mol. The Balaban J connectivity index is 0.00000289. The van der Waals surface area contributed by atoms with E-state index in [1.54, 1.807) is 0 Å². The highest BCUT2D eigenvalue weighted by Crippen LogP contribution is 2.12. The van der Waals surface area contributed by atoms with Crippen LogP contribution in [0.2, 0.25) is 0 Å². The summed E-state index contributed by atoms with van der Waals surface area (Å²) in [6.45, 7) is 3.76. The van der Waals surface area contributed by atoms with Gasteiger partial charge in [0.1, 0.15) is 0 Å². The van der Waals surface area contributed by atoms with Crippen LogP contribution in [0.3, 0.4) is 0 Å². The number of rotatable bonds is 7. The van der Waals surface area contributed by atoms with Crippen LogP contribution in [0.1, 0.15) is 25.3 Å². The molecule has 5 heteroatoms. The monoisotopic (exact) mass is 272 g/mol. The van der Waals surface area contributed by atoms with Crippen molar-refractivity contribution >= 4 is 24.0 Å². The number of carbonyl (C=O) groups is 1. The minimum absolute atomic E-state index is 0. The van der Waals surface area contributed by atoms with Gasteiger partial charge in [-0.05, 0) is 37.6 Å². The van der Waals surface area contributed by atoms with E-state index in [-0.39, 0.29) is 18.3 Å². The third-order valence-electron chi connectivity index (χ3n) is 2.29. The predicted octanol–water partition coefficient (Wildman–Crippen LogP) is 2.32. The van der Waals surface area contributed by atoms with E-state index in [9.17, 15) is 4.79 Å². The highest BCUT2D eigenvalue weighted by atomic mass is 35.5. The first kappa shape index (κ1) is 16.9. The number of benzene rings is 1. The first-order valence-electron chi connectivity index (χ1n) is 5.93. The van der Waals surface area contributed by atoms with Crippen molar-refractivity contribution in [1.29, 1.82) is 0 Å². The van der Waals surface area contributed by atoms with E-state index in [1.807, 2.05) is 31.2 Å². The summed E-state index contributed by atoms with van der Waals surface area (Å²) in [5.74, 6) is 0.00371. The number of amides is 1. The molecule has 0 saturated heterocycles. The van der Waals surface area contributed by atoms with Crippen LogP contribution in [0, 0.1) is 0 Å². The third kappa shape index (κ3) is 6.59. The number of halogens is 1. The molecule has 0 saturated carbocycles. The fourth-order valence-corrected chi connectivity index (χ4v) is 1.44. The summed E-state index contributed by atoms with van der Waals surface area (Å²) in [5.41, 5.74) is 7.22. The Bertz CT molecular complexity index is 359. The molecule has 1 aromatic carbocycles. The molecule has 0 atom stereocenters. The van der Waals surface area contributed by atoms with Crippen LogP contribution >= 0.6 is 12.4 Å². The van der Waals surface area contributed by atoms with Crippen molar-refractivity contribution in [2.75, 3.05) is 18.5 Å². The maximum absolute atomic E-state index is 11.5. The van der Waals surface area contributed by atoms with Crippen molar-refractivity contribution in [3.8, 4) is 0 Å². The highest BCUT2D eigenvalue weighted by molar-refractivity contribution is 5.90. The molecule has 1 rings (SSSR count). The lowest BCUT2D eigenvalue weighted by atomic mass is 10.2.